The van der Waals surface area contributed by atoms with Gasteiger partial charge in [0.05, 0.1) is 11.1 Å². The quantitative estimate of drug-likeness (QED) is 0.659. The van der Waals surface area contributed by atoms with E-state index in [0.717, 1.165) is 31.7 Å². The van der Waals surface area contributed by atoms with E-state index in [2.05, 4.69) is 17.3 Å². The Bertz CT molecular complexity index is 988. The monoisotopic (exact) mass is 375 g/mol. The molecular formula is C22H21N3O3. The van der Waals surface area contributed by atoms with E-state index in [0.29, 0.717) is 22.3 Å². The summed E-state index contributed by atoms with van der Waals surface area (Å²) in [6.45, 7) is 3.22. The van der Waals surface area contributed by atoms with Crippen molar-refractivity contribution in [3.63, 3.8) is 0 Å². The Morgan fingerprint density at radius 1 is 0.964 bits per heavy atom. The number of fused-ring (bicyclic) bond motifs is 1. The van der Waals surface area contributed by atoms with Gasteiger partial charge >= 0.3 is 0 Å². The van der Waals surface area contributed by atoms with Crippen molar-refractivity contribution in [2.75, 3.05) is 33.2 Å². The number of nitrogens with one attached hydrogen (secondary N) is 1. The van der Waals surface area contributed by atoms with Crippen LogP contribution < -0.4 is 5.32 Å². The van der Waals surface area contributed by atoms with Crippen molar-refractivity contribution in [2.45, 2.75) is 0 Å². The van der Waals surface area contributed by atoms with Crippen molar-refractivity contribution in [3.05, 3.63) is 70.3 Å². The second-order valence-corrected chi connectivity index (χ2v) is 7.11. The standard InChI is InChI=1S/C22H21N3O3/c1-24-10-12-25(13-11-24)22(28)17-6-2-4-15(14-17)8-9-16-5-3-7-18-19(16)21(27)23-20(18)26/h2-9,14H,10-13H2,1H3,(H,23,26,27)/b9-8+. The molecular weight excluding hydrogens is 354 g/mol. The molecule has 0 spiro atoms. The van der Waals surface area contributed by atoms with E-state index in [4.69, 9.17) is 0 Å². The number of hydrogen-bond acceptors (Lipinski definition) is 4. The largest absolute Gasteiger partial charge is 0.336 e. The van der Waals surface area contributed by atoms with Crippen LogP contribution in [0, 0.1) is 0 Å². The van der Waals surface area contributed by atoms with E-state index in [1.165, 1.54) is 0 Å². The van der Waals surface area contributed by atoms with Gasteiger partial charge in [0.15, 0.2) is 0 Å². The molecule has 3 amide bonds. The van der Waals surface area contributed by atoms with E-state index in [-0.39, 0.29) is 17.7 Å². The van der Waals surface area contributed by atoms with Gasteiger partial charge in [0, 0.05) is 31.7 Å². The van der Waals surface area contributed by atoms with Crippen LogP contribution in [0.5, 0.6) is 0 Å². The van der Waals surface area contributed by atoms with Gasteiger partial charge in [-0.25, -0.2) is 0 Å². The van der Waals surface area contributed by atoms with Gasteiger partial charge in [-0.1, -0.05) is 36.4 Å². The Hall–Kier alpha value is -3.25. The van der Waals surface area contributed by atoms with Crippen LogP contribution in [0.15, 0.2) is 42.5 Å². The molecule has 6 nitrogen and oxygen atoms in total. The molecule has 2 aliphatic heterocycles. The summed E-state index contributed by atoms with van der Waals surface area (Å²) in [5.41, 5.74) is 2.98. The molecule has 2 heterocycles. The van der Waals surface area contributed by atoms with Crippen LogP contribution in [0.1, 0.15) is 42.2 Å². The fourth-order valence-electron chi connectivity index (χ4n) is 3.54. The third-order valence-corrected chi connectivity index (χ3v) is 5.17. The molecule has 2 aromatic rings. The van der Waals surface area contributed by atoms with Gasteiger partial charge in [0.25, 0.3) is 17.7 Å². The van der Waals surface area contributed by atoms with Crippen LogP contribution in [0.2, 0.25) is 0 Å². The first-order chi connectivity index (χ1) is 13.5. The van der Waals surface area contributed by atoms with Crippen LogP contribution in [-0.2, 0) is 0 Å². The Morgan fingerprint density at radius 2 is 1.71 bits per heavy atom. The number of imide groups is 1. The van der Waals surface area contributed by atoms with Gasteiger partial charge < -0.3 is 9.80 Å². The highest BCUT2D eigenvalue weighted by Crippen LogP contribution is 2.22. The van der Waals surface area contributed by atoms with Gasteiger partial charge in [-0.3, -0.25) is 19.7 Å². The molecule has 28 heavy (non-hydrogen) atoms. The number of carbonyl (C=O) groups excluding carboxylic acids is 3. The van der Waals surface area contributed by atoms with Crippen LogP contribution in [-0.4, -0.2) is 60.7 Å². The summed E-state index contributed by atoms with van der Waals surface area (Å²) in [6.07, 6.45) is 3.66. The molecule has 0 unspecified atom stereocenters. The highest BCUT2D eigenvalue weighted by molar-refractivity contribution is 6.23. The SMILES string of the molecule is CN1CCN(C(=O)c2cccc(/C=C/c3cccc4c3C(=O)NC4=O)c2)CC1. The zero-order chi connectivity index (χ0) is 19.7. The highest BCUT2D eigenvalue weighted by atomic mass is 16.2. The van der Waals surface area contributed by atoms with Crippen LogP contribution >= 0.6 is 0 Å². The van der Waals surface area contributed by atoms with Crippen LogP contribution in [0.3, 0.4) is 0 Å². The van der Waals surface area contributed by atoms with Crippen molar-refractivity contribution >= 4 is 29.9 Å². The number of rotatable bonds is 3. The second kappa shape index (κ2) is 7.40. The minimum Gasteiger partial charge on any atom is -0.336 e. The summed E-state index contributed by atoms with van der Waals surface area (Å²) in [5.74, 6) is -0.705. The number of hydrogen-bond donors (Lipinski definition) is 1. The van der Waals surface area contributed by atoms with Crippen LogP contribution in [0.4, 0.5) is 0 Å². The highest BCUT2D eigenvalue weighted by Gasteiger charge is 2.28. The van der Waals surface area contributed by atoms with E-state index < -0.39 is 0 Å². The maximum absolute atomic E-state index is 12.8. The maximum Gasteiger partial charge on any atom is 0.259 e. The zero-order valence-corrected chi connectivity index (χ0v) is 15.6. The summed E-state index contributed by atoms with van der Waals surface area (Å²) in [6, 6.07) is 12.6. The number of amides is 3. The van der Waals surface area contributed by atoms with Crippen molar-refractivity contribution < 1.29 is 14.4 Å². The molecule has 4 rings (SSSR count). The summed E-state index contributed by atoms with van der Waals surface area (Å²) in [7, 11) is 2.06. The molecule has 0 atom stereocenters. The molecule has 142 valence electrons. The molecule has 2 aliphatic rings. The van der Waals surface area contributed by atoms with E-state index in [1.807, 2.05) is 35.2 Å². The Labute approximate surface area is 163 Å². The summed E-state index contributed by atoms with van der Waals surface area (Å²) >= 11 is 0. The fraction of sp³-hybridized carbons (Fsp3) is 0.227. The normalized spacial score (nSPS) is 17.1. The van der Waals surface area contributed by atoms with Gasteiger partial charge in [0.2, 0.25) is 0 Å². The zero-order valence-electron chi connectivity index (χ0n) is 15.6. The third kappa shape index (κ3) is 3.46. The lowest BCUT2D eigenvalue weighted by Crippen LogP contribution is -2.47. The molecule has 1 fully saturated rings. The van der Waals surface area contributed by atoms with Crippen molar-refractivity contribution in [1.82, 2.24) is 15.1 Å². The molecule has 0 bridgehead atoms. The molecule has 1 N–H and O–H groups in total. The fourth-order valence-corrected chi connectivity index (χ4v) is 3.54. The Morgan fingerprint density at radius 3 is 2.50 bits per heavy atom. The molecule has 6 heteroatoms. The number of carbonyl (C=O) groups is 3. The lowest BCUT2D eigenvalue weighted by molar-refractivity contribution is 0.0663. The average Bonchev–Trinajstić information content (AvgIpc) is 3.01. The van der Waals surface area contributed by atoms with Gasteiger partial charge in [-0.2, -0.15) is 0 Å². The molecule has 0 saturated carbocycles. The van der Waals surface area contributed by atoms with Gasteiger partial charge in [0.1, 0.15) is 0 Å². The predicted molar refractivity (Wildman–Crippen MR) is 107 cm³/mol. The third-order valence-electron chi connectivity index (χ3n) is 5.17. The molecule has 0 aliphatic carbocycles. The number of likely N-dealkylation sites (N-methyl/N-ethyl adjacent to an activating group) is 1. The van der Waals surface area contributed by atoms with Crippen molar-refractivity contribution in [3.8, 4) is 0 Å². The number of piperazine rings is 1. The van der Waals surface area contributed by atoms with Crippen LogP contribution in [0.25, 0.3) is 12.2 Å². The minimum atomic E-state index is -0.376. The first kappa shape index (κ1) is 18.1. The molecule has 0 radical (unpaired) electrons. The summed E-state index contributed by atoms with van der Waals surface area (Å²) in [5, 5.41) is 2.32. The second-order valence-electron chi connectivity index (χ2n) is 7.11. The number of nitrogens with zero attached hydrogens (tertiary/aromatic N) is 2. The topological polar surface area (TPSA) is 69.7 Å². The first-order valence-electron chi connectivity index (χ1n) is 9.27. The maximum atomic E-state index is 12.8. The van der Waals surface area contributed by atoms with E-state index >= 15 is 0 Å². The predicted octanol–water partition coefficient (Wildman–Crippen LogP) is 2.13. The molecule has 0 aromatic heterocycles. The summed E-state index contributed by atoms with van der Waals surface area (Å²) in [4.78, 5) is 40.7. The Balaban J connectivity index is 1.56. The van der Waals surface area contributed by atoms with Crippen molar-refractivity contribution in [1.29, 1.82) is 0 Å². The lowest BCUT2D eigenvalue weighted by Gasteiger charge is -2.32. The first-order valence-corrected chi connectivity index (χ1v) is 9.27. The van der Waals surface area contributed by atoms with E-state index in [9.17, 15) is 14.4 Å². The van der Waals surface area contributed by atoms with E-state index in [1.54, 1.807) is 24.3 Å². The molecule has 1 saturated heterocycles. The Kier molecular flexibility index (Phi) is 4.79. The van der Waals surface area contributed by atoms with Crippen molar-refractivity contribution in [2.24, 2.45) is 0 Å². The smallest absolute Gasteiger partial charge is 0.259 e. The van der Waals surface area contributed by atoms with Gasteiger partial charge in [-0.05, 0) is 36.4 Å². The molecule has 2 aromatic carbocycles. The van der Waals surface area contributed by atoms with Gasteiger partial charge in [-0.15, -0.1) is 0 Å². The summed E-state index contributed by atoms with van der Waals surface area (Å²) < 4.78 is 0. The number of benzene rings is 2. The average molecular weight is 375 g/mol. The minimum absolute atomic E-state index is 0.0360. The lowest BCUT2D eigenvalue weighted by atomic mass is 10.0.